The summed E-state index contributed by atoms with van der Waals surface area (Å²) < 4.78 is 1.58. The van der Waals surface area contributed by atoms with Gasteiger partial charge in [-0.15, -0.1) is 0 Å². The summed E-state index contributed by atoms with van der Waals surface area (Å²) in [5.74, 6) is -0.461. The van der Waals surface area contributed by atoms with Gasteiger partial charge in [-0.2, -0.15) is 0 Å². The van der Waals surface area contributed by atoms with E-state index in [2.05, 4.69) is 15.6 Å². The maximum Gasteiger partial charge on any atom is 0.321 e. The number of thioether (sulfide) groups is 1. The second-order valence-electron chi connectivity index (χ2n) is 8.44. The standard InChI is InChI=1S/C25H28N4O3S/c1-16-9-8-10-17(2)22(16)29-23(31)19-13-6-7-14-20(19)27-25(29)33-15-21(30)28-24(32)26-18-11-4-3-5-12-18/h6-10,13-14,18H,3-5,11-12,15H2,1-2H3,(H2,26,28,30,32). The molecule has 2 aromatic carbocycles. The van der Waals surface area contributed by atoms with Crippen LogP contribution in [0, 0.1) is 13.8 Å². The van der Waals surface area contributed by atoms with Crippen LogP contribution in [0.4, 0.5) is 4.79 Å². The minimum Gasteiger partial charge on any atom is -0.335 e. The average Bonchev–Trinajstić information content (AvgIpc) is 2.79. The van der Waals surface area contributed by atoms with Gasteiger partial charge >= 0.3 is 6.03 Å². The highest BCUT2D eigenvalue weighted by atomic mass is 32.2. The quantitative estimate of drug-likeness (QED) is 0.435. The van der Waals surface area contributed by atoms with Crippen LogP contribution in [0.5, 0.6) is 0 Å². The third-order valence-electron chi connectivity index (χ3n) is 5.93. The first-order valence-electron chi connectivity index (χ1n) is 11.3. The number of rotatable bonds is 5. The lowest BCUT2D eigenvalue weighted by Gasteiger charge is -2.22. The summed E-state index contributed by atoms with van der Waals surface area (Å²) in [6.07, 6.45) is 5.27. The van der Waals surface area contributed by atoms with Crippen molar-refractivity contribution in [3.05, 3.63) is 63.9 Å². The highest BCUT2D eigenvalue weighted by molar-refractivity contribution is 7.99. The first-order valence-corrected chi connectivity index (χ1v) is 12.2. The van der Waals surface area contributed by atoms with Gasteiger partial charge in [-0.25, -0.2) is 9.78 Å². The summed E-state index contributed by atoms with van der Waals surface area (Å²) in [5, 5.41) is 6.22. The second kappa shape index (κ2) is 10.2. The summed E-state index contributed by atoms with van der Waals surface area (Å²) in [7, 11) is 0. The summed E-state index contributed by atoms with van der Waals surface area (Å²) in [6, 6.07) is 12.7. The second-order valence-corrected chi connectivity index (χ2v) is 9.38. The summed E-state index contributed by atoms with van der Waals surface area (Å²) in [5.41, 5.74) is 3.03. The largest absolute Gasteiger partial charge is 0.335 e. The van der Waals surface area contributed by atoms with Crippen molar-refractivity contribution < 1.29 is 9.59 Å². The topological polar surface area (TPSA) is 93.1 Å². The number of urea groups is 1. The molecule has 1 heterocycles. The molecular formula is C25H28N4O3S. The van der Waals surface area contributed by atoms with Gasteiger partial charge < -0.3 is 5.32 Å². The number of para-hydroxylation sites is 2. The van der Waals surface area contributed by atoms with Crippen LogP contribution >= 0.6 is 11.8 Å². The Morgan fingerprint density at radius 3 is 2.45 bits per heavy atom. The van der Waals surface area contributed by atoms with Crippen LogP contribution in [0.2, 0.25) is 0 Å². The van der Waals surface area contributed by atoms with Crippen LogP contribution in [0.15, 0.2) is 52.4 Å². The number of benzene rings is 2. The van der Waals surface area contributed by atoms with E-state index >= 15 is 0 Å². The van der Waals surface area contributed by atoms with Crippen LogP contribution in [-0.2, 0) is 4.79 Å². The van der Waals surface area contributed by atoms with Crippen molar-refractivity contribution in [3.63, 3.8) is 0 Å². The third kappa shape index (κ3) is 5.27. The molecular weight excluding hydrogens is 436 g/mol. The van der Waals surface area contributed by atoms with Crippen LogP contribution in [0.1, 0.15) is 43.2 Å². The lowest BCUT2D eigenvalue weighted by Crippen LogP contribution is -2.45. The lowest BCUT2D eigenvalue weighted by atomic mass is 9.96. The average molecular weight is 465 g/mol. The van der Waals surface area contributed by atoms with E-state index < -0.39 is 11.9 Å². The number of aromatic nitrogens is 2. The number of amides is 3. The molecule has 3 amide bonds. The van der Waals surface area contributed by atoms with Gasteiger partial charge in [0.2, 0.25) is 5.91 Å². The Morgan fingerprint density at radius 1 is 1.03 bits per heavy atom. The van der Waals surface area contributed by atoms with Crippen molar-refractivity contribution in [2.45, 2.75) is 57.1 Å². The number of hydrogen-bond donors (Lipinski definition) is 2. The van der Waals surface area contributed by atoms with Crippen LogP contribution in [0.3, 0.4) is 0 Å². The smallest absolute Gasteiger partial charge is 0.321 e. The molecule has 4 rings (SSSR count). The molecule has 1 aromatic heterocycles. The summed E-state index contributed by atoms with van der Waals surface area (Å²) in [6.45, 7) is 3.89. The molecule has 0 unspecified atom stereocenters. The maximum absolute atomic E-state index is 13.4. The molecule has 7 nitrogen and oxygen atoms in total. The number of aryl methyl sites for hydroxylation is 2. The first-order chi connectivity index (χ1) is 15.9. The molecule has 0 spiro atoms. The number of fused-ring (bicyclic) bond motifs is 1. The Hall–Kier alpha value is -3.13. The number of hydrogen-bond acceptors (Lipinski definition) is 5. The van der Waals surface area contributed by atoms with E-state index in [0.717, 1.165) is 54.3 Å². The molecule has 0 atom stereocenters. The van der Waals surface area contributed by atoms with Crippen LogP contribution in [-0.4, -0.2) is 33.3 Å². The van der Waals surface area contributed by atoms with Gasteiger partial charge in [0.1, 0.15) is 0 Å². The predicted molar refractivity (Wildman–Crippen MR) is 131 cm³/mol. The molecule has 172 valence electrons. The van der Waals surface area contributed by atoms with Crippen molar-refractivity contribution >= 4 is 34.6 Å². The van der Waals surface area contributed by atoms with Crippen LogP contribution < -0.4 is 16.2 Å². The van der Waals surface area contributed by atoms with E-state index in [1.807, 2.05) is 44.2 Å². The van der Waals surface area contributed by atoms with E-state index in [-0.39, 0.29) is 17.4 Å². The summed E-state index contributed by atoms with van der Waals surface area (Å²) >= 11 is 1.14. The third-order valence-corrected chi connectivity index (χ3v) is 6.87. The highest BCUT2D eigenvalue weighted by Gasteiger charge is 2.19. The molecule has 0 bridgehead atoms. The molecule has 8 heteroatoms. The molecule has 2 N–H and O–H groups in total. The van der Waals surface area contributed by atoms with Gasteiger partial charge in [0, 0.05) is 6.04 Å². The SMILES string of the molecule is Cc1cccc(C)c1-n1c(SCC(=O)NC(=O)NC2CCCCC2)nc2ccccc2c1=O. The fraction of sp³-hybridized carbons (Fsp3) is 0.360. The van der Waals surface area contributed by atoms with Gasteiger partial charge in [0.15, 0.2) is 5.16 Å². The van der Waals surface area contributed by atoms with E-state index in [0.29, 0.717) is 16.1 Å². The first kappa shape index (κ1) is 23.0. The van der Waals surface area contributed by atoms with Gasteiger partial charge in [-0.1, -0.05) is 61.4 Å². The van der Waals surface area contributed by atoms with E-state index in [9.17, 15) is 14.4 Å². The van der Waals surface area contributed by atoms with Crippen molar-refractivity contribution in [2.24, 2.45) is 0 Å². The zero-order chi connectivity index (χ0) is 23.4. The van der Waals surface area contributed by atoms with Gasteiger partial charge in [-0.3, -0.25) is 19.5 Å². The van der Waals surface area contributed by atoms with Crippen molar-refractivity contribution in [3.8, 4) is 5.69 Å². The fourth-order valence-corrected chi connectivity index (χ4v) is 5.12. The molecule has 1 aliphatic carbocycles. The van der Waals surface area contributed by atoms with Crippen molar-refractivity contribution in [1.82, 2.24) is 20.2 Å². The molecule has 1 fully saturated rings. The molecule has 0 saturated heterocycles. The van der Waals surface area contributed by atoms with E-state index in [4.69, 9.17) is 0 Å². The zero-order valence-electron chi connectivity index (χ0n) is 18.9. The Bertz CT molecular complexity index is 1230. The number of carbonyl (C=O) groups excluding carboxylic acids is 2. The molecule has 1 aliphatic rings. The number of nitrogens with one attached hydrogen (secondary N) is 2. The highest BCUT2D eigenvalue weighted by Crippen LogP contribution is 2.25. The van der Waals surface area contributed by atoms with Crippen LogP contribution in [0.25, 0.3) is 16.6 Å². The van der Waals surface area contributed by atoms with Crippen molar-refractivity contribution in [2.75, 3.05) is 5.75 Å². The Labute approximate surface area is 197 Å². The van der Waals surface area contributed by atoms with E-state index in [1.54, 1.807) is 16.7 Å². The molecule has 0 aliphatic heterocycles. The molecule has 1 saturated carbocycles. The van der Waals surface area contributed by atoms with Crippen molar-refractivity contribution in [1.29, 1.82) is 0 Å². The normalized spacial score (nSPS) is 14.2. The van der Waals surface area contributed by atoms with Gasteiger partial charge in [0.05, 0.1) is 22.3 Å². The number of carbonyl (C=O) groups is 2. The summed E-state index contributed by atoms with van der Waals surface area (Å²) in [4.78, 5) is 42.8. The minimum atomic E-state index is -0.467. The maximum atomic E-state index is 13.4. The Morgan fingerprint density at radius 2 is 1.73 bits per heavy atom. The minimum absolute atomic E-state index is 0.0339. The molecule has 0 radical (unpaired) electrons. The Balaban J connectivity index is 1.57. The van der Waals surface area contributed by atoms with Gasteiger partial charge in [0.25, 0.3) is 5.56 Å². The zero-order valence-corrected chi connectivity index (χ0v) is 19.7. The lowest BCUT2D eigenvalue weighted by molar-refractivity contribution is -0.117. The fourth-order valence-electron chi connectivity index (χ4n) is 4.33. The monoisotopic (exact) mass is 464 g/mol. The number of nitrogens with zero attached hydrogens (tertiary/aromatic N) is 2. The van der Waals surface area contributed by atoms with Gasteiger partial charge in [-0.05, 0) is 49.9 Å². The molecule has 3 aromatic rings. The molecule has 33 heavy (non-hydrogen) atoms. The number of imide groups is 1. The Kier molecular flexibility index (Phi) is 7.13. The predicted octanol–water partition coefficient (Wildman–Crippen LogP) is 4.25. The van der Waals surface area contributed by atoms with E-state index in [1.165, 1.54) is 6.42 Å².